The van der Waals surface area contributed by atoms with E-state index in [9.17, 15) is 9.59 Å². The fourth-order valence-electron chi connectivity index (χ4n) is 2.88. The highest BCUT2D eigenvalue weighted by Crippen LogP contribution is 2.11. The monoisotopic (exact) mass is 410 g/mol. The molecular formula is C23H35ClO4. The summed E-state index contributed by atoms with van der Waals surface area (Å²) in [6.07, 6.45) is 11.8. The Hall–Kier alpha value is -1.55. The lowest BCUT2D eigenvalue weighted by atomic mass is 10.1. The maximum absolute atomic E-state index is 11.7. The second-order valence-electron chi connectivity index (χ2n) is 7.15. The van der Waals surface area contributed by atoms with Crippen molar-refractivity contribution in [2.75, 3.05) is 13.2 Å². The average Bonchev–Trinajstić information content (AvgIpc) is 2.69. The molecule has 4 nitrogen and oxygen atoms in total. The Labute approximate surface area is 174 Å². The molecule has 5 heteroatoms. The third-order valence-electron chi connectivity index (χ3n) is 4.61. The van der Waals surface area contributed by atoms with E-state index in [1.54, 1.807) is 0 Å². The van der Waals surface area contributed by atoms with Gasteiger partial charge in [0.2, 0.25) is 0 Å². The molecule has 0 saturated heterocycles. The van der Waals surface area contributed by atoms with Crippen molar-refractivity contribution in [1.82, 2.24) is 0 Å². The SMILES string of the molecule is CCCCCCCCCCCOC(=O)CCC(=O)OCCc1ccc(Cl)cc1. The number of rotatable bonds is 16. The van der Waals surface area contributed by atoms with Crippen LogP contribution in [0.4, 0.5) is 0 Å². The number of ether oxygens (including phenoxy) is 2. The van der Waals surface area contributed by atoms with E-state index >= 15 is 0 Å². The topological polar surface area (TPSA) is 52.6 Å². The van der Waals surface area contributed by atoms with E-state index in [-0.39, 0.29) is 24.8 Å². The van der Waals surface area contributed by atoms with E-state index in [4.69, 9.17) is 21.1 Å². The zero-order valence-electron chi connectivity index (χ0n) is 17.2. The van der Waals surface area contributed by atoms with Crippen LogP contribution in [0.2, 0.25) is 5.02 Å². The van der Waals surface area contributed by atoms with Crippen molar-refractivity contribution in [3.05, 3.63) is 34.9 Å². The average molecular weight is 411 g/mol. The summed E-state index contributed by atoms with van der Waals surface area (Å²) < 4.78 is 10.3. The quantitative estimate of drug-likeness (QED) is 0.237. The van der Waals surface area contributed by atoms with Crippen LogP contribution in [-0.2, 0) is 25.5 Å². The van der Waals surface area contributed by atoms with Crippen LogP contribution in [0.1, 0.15) is 83.1 Å². The highest BCUT2D eigenvalue weighted by Gasteiger charge is 2.09. The Bertz CT molecular complexity index is 542. The van der Waals surface area contributed by atoms with E-state index in [0.717, 1.165) is 18.4 Å². The van der Waals surface area contributed by atoms with Gasteiger partial charge >= 0.3 is 11.9 Å². The Morgan fingerprint density at radius 1 is 0.750 bits per heavy atom. The molecule has 0 aromatic heterocycles. The first-order chi connectivity index (χ1) is 13.6. The van der Waals surface area contributed by atoms with Gasteiger partial charge in [-0.1, -0.05) is 82.0 Å². The van der Waals surface area contributed by atoms with Gasteiger partial charge in [-0.15, -0.1) is 0 Å². The first-order valence-electron chi connectivity index (χ1n) is 10.7. The lowest BCUT2D eigenvalue weighted by Crippen LogP contribution is -2.12. The van der Waals surface area contributed by atoms with Gasteiger partial charge in [-0.3, -0.25) is 9.59 Å². The Kier molecular flexibility index (Phi) is 14.4. The number of carbonyl (C=O) groups is 2. The molecule has 0 atom stereocenters. The van der Waals surface area contributed by atoms with Crippen molar-refractivity contribution in [3.63, 3.8) is 0 Å². The number of halogens is 1. The summed E-state index contributed by atoms with van der Waals surface area (Å²) in [6, 6.07) is 7.42. The van der Waals surface area contributed by atoms with Gasteiger partial charge in [0.25, 0.3) is 0 Å². The molecule has 0 unspecified atom stereocenters. The number of esters is 2. The zero-order chi connectivity index (χ0) is 20.5. The molecule has 1 rings (SSSR count). The third-order valence-corrected chi connectivity index (χ3v) is 4.86. The molecule has 0 aliphatic rings. The predicted octanol–water partition coefficient (Wildman–Crippen LogP) is 6.28. The molecule has 158 valence electrons. The highest BCUT2D eigenvalue weighted by molar-refractivity contribution is 6.30. The lowest BCUT2D eigenvalue weighted by Gasteiger charge is -2.06. The molecule has 1 aromatic carbocycles. The second-order valence-corrected chi connectivity index (χ2v) is 7.58. The van der Waals surface area contributed by atoms with Gasteiger partial charge in [0.05, 0.1) is 26.1 Å². The van der Waals surface area contributed by atoms with Crippen molar-refractivity contribution >= 4 is 23.5 Å². The Balaban J connectivity index is 1.92. The number of benzene rings is 1. The van der Waals surface area contributed by atoms with E-state index < -0.39 is 0 Å². The smallest absolute Gasteiger partial charge is 0.306 e. The molecule has 28 heavy (non-hydrogen) atoms. The van der Waals surface area contributed by atoms with Crippen molar-refractivity contribution < 1.29 is 19.1 Å². The maximum Gasteiger partial charge on any atom is 0.306 e. The number of carbonyl (C=O) groups excluding carboxylic acids is 2. The van der Waals surface area contributed by atoms with Gasteiger partial charge in [0.15, 0.2) is 0 Å². The van der Waals surface area contributed by atoms with Crippen LogP contribution >= 0.6 is 11.6 Å². The summed E-state index contributed by atoms with van der Waals surface area (Å²) in [4.78, 5) is 23.4. The van der Waals surface area contributed by atoms with E-state index in [1.807, 2.05) is 24.3 Å². The minimum atomic E-state index is -0.367. The molecule has 1 aromatic rings. The van der Waals surface area contributed by atoms with Gasteiger partial charge in [0, 0.05) is 11.4 Å². The predicted molar refractivity (Wildman–Crippen MR) is 114 cm³/mol. The largest absolute Gasteiger partial charge is 0.466 e. The highest BCUT2D eigenvalue weighted by atomic mass is 35.5. The third kappa shape index (κ3) is 13.6. The summed E-state index contributed by atoms with van der Waals surface area (Å²) in [7, 11) is 0. The standard InChI is InChI=1S/C23H35ClO4/c1-2-3-4-5-6-7-8-9-10-18-27-22(25)15-16-23(26)28-19-17-20-11-13-21(24)14-12-20/h11-14H,2-10,15-19H2,1H3. The molecule has 0 fully saturated rings. The van der Waals surface area contributed by atoms with Crippen LogP contribution in [-0.4, -0.2) is 25.2 Å². The number of unbranched alkanes of at least 4 members (excludes halogenated alkanes) is 8. The molecule has 0 aliphatic heterocycles. The van der Waals surface area contributed by atoms with Gasteiger partial charge < -0.3 is 9.47 Å². The maximum atomic E-state index is 11.7. The fraction of sp³-hybridized carbons (Fsp3) is 0.652. The lowest BCUT2D eigenvalue weighted by molar-refractivity contribution is -0.150. The molecule has 0 spiro atoms. The van der Waals surface area contributed by atoms with Crippen LogP contribution in [0.5, 0.6) is 0 Å². The molecular weight excluding hydrogens is 376 g/mol. The first kappa shape index (κ1) is 24.5. The minimum Gasteiger partial charge on any atom is -0.466 e. The van der Waals surface area contributed by atoms with Gasteiger partial charge in [-0.25, -0.2) is 0 Å². The number of hydrogen-bond donors (Lipinski definition) is 0. The Morgan fingerprint density at radius 2 is 1.25 bits per heavy atom. The first-order valence-corrected chi connectivity index (χ1v) is 11.0. The molecule has 0 heterocycles. The number of hydrogen-bond acceptors (Lipinski definition) is 4. The van der Waals surface area contributed by atoms with Crippen molar-refractivity contribution in [2.45, 2.75) is 84.0 Å². The molecule has 0 saturated carbocycles. The van der Waals surface area contributed by atoms with Crippen LogP contribution in [0.25, 0.3) is 0 Å². The molecule has 0 radical (unpaired) electrons. The van der Waals surface area contributed by atoms with Crippen LogP contribution in [0.3, 0.4) is 0 Å². The summed E-state index contributed by atoms with van der Waals surface area (Å²) in [5.74, 6) is -0.691. The van der Waals surface area contributed by atoms with Crippen LogP contribution in [0, 0.1) is 0 Å². The van der Waals surface area contributed by atoms with Crippen LogP contribution in [0.15, 0.2) is 24.3 Å². The summed E-state index contributed by atoms with van der Waals surface area (Å²) in [5, 5.41) is 0.682. The Morgan fingerprint density at radius 3 is 1.82 bits per heavy atom. The van der Waals surface area contributed by atoms with E-state index in [2.05, 4.69) is 6.92 Å². The second kappa shape index (κ2) is 16.4. The molecule has 0 N–H and O–H groups in total. The van der Waals surface area contributed by atoms with Crippen LogP contribution < -0.4 is 0 Å². The van der Waals surface area contributed by atoms with Crippen molar-refractivity contribution in [1.29, 1.82) is 0 Å². The van der Waals surface area contributed by atoms with E-state index in [0.29, 0.717) is 24.7 Å². The minimum absolute atomic E-state index is 0.0667. The fourth-order valence-corrected chi connectivity index (χ4v) is 3.01. The van der Waals surface area contributed by atoms with Crippen molar-refractivity contribution in [3.8, 4) is 0 Å². The molecule has 0 amide bonds. The zero-order valence-corrected chi connectivity index (χ0v) is 18.0. The molecule has 0 bridgehead atoms. The summed E-state index contributed by atoms with van der Waals surface area (Å²) in [5.41, 5.74) is 1.05. The molecule has 0 aliphatic carbocycles. The summed E-state index contributed by atoms with van der Waals surface area (Å²) >= 11 is 5.83. The van der Waals surface area contributed by atoms with Crippen molar-refractivity contribution in [2.24, 2.45) is 0 Å². The van der Waals surface area contributed by atoms with E-state index in [1.165, 1.54) is 44.9 Å². The summed E-state index contributed by atoms with van der Waals surface area (Å²) in [6.45, 7) is 2.97. The normalized spacial score (nSPS) is 10.6. The van der Waals surface area contributed by atoms with Gasteiger partial charge in [-0.05, 0) is 24.1 Å². The van der Waals surface area contributed by atoms with Gasteiger partial charge in [-0.2, -0.15) is 0 Å². The van der Waals surface area contributed by atoms with Gasteiger partial charge in [0.1, 0.15) is 0 Å².